The van der Waals surface area contributed by atoms with E-state index in [9.17, 15) is 21.6 Å². The van der Waals surface area contributed by atoms with Gasteiger partial charge in [0.05, 0.1) is 12.7 Å². The Morgan fingerprint density at radius 1 is 1.26 bits per heavy atom. The zero-order valence-electron chi connectivity index (χ0n) is 12.2. The van der Waals surface area contributed by atoms with Gasteiger partial charge in [-0.1, -0.05) is 12.1 Å². The van der Waals surface area contributed by atoms with Crippen LogP contribution in [0.3, 0.4) is 0 Å². The van der Waals surface area contributed by atoms with Gasteiger partial charge in [0, 0.05) is 26.6 Å². The number of halogens is 3. The summed E-state index contributed by atoms with van der Waals surface area (Å²) in [6.07, 6.45) is -5.12. The largest absolute Gasteiger partial charge is 0.573 e. The Hall–Kier alpha value is -1.83. The Balaban J connectivity index is 3.21. The molecule has 0 unspecified atom stereocenters. The summed E-state index contributed by atoms with van der Waals surface area (Å²) in [6, 6.07) is 6.24. The van der Waals surface area contributed by atoms with E-state index in [4.69, 9.17) is 10.00 Å². The van der Waals surface area contributed by atoms with Gasteiger partial charge in [0.15, 0.2) is 0 Å². The van der Waals surface area contributed by atoms with Crippen LogP contribution in [0.5, 0.6) is 5.75 Å². The van der Waals surface area contributed by atoms with Crippen LogP contribution in [0.15, 0.2) is 29.2 Å². The van der Waals surface area contributed by atoms with E-state index in [0.29, 0.717) is 0 Å². The first-order valence-electron chi connectivity index (χ1n) is 6.43. The van der Waals surface area contributed by atoms with Gasteiger partial charge in [-0.25, -0.2) is 8.42 Å². The fourth-order valence-electron chi connectivity index (χ4n) is 1.73. The third kappa shape index (κ3) is 5.70. The van der Waals surface area contributed by atoms with E-state index < -0.39 is 27.0 Å². The minimum absolute atomic E-state index is 0.0347. The molecule has 1 aromatic carbocycles. The van der Waals surface area contributed by atoms with Crippen LogP contribution in [-0.2, 0) is 14.8 Å². The maximum atomic E-state index is 12.6. The molecule has 0 spiro atoms. The van der Waals surface area contributed by atoms with Crippen LogP contribution in [0.1, 0.15) is 6.42 Å². The number of rotatable bonds is 8. The number of para-hydroxylation sites is 1. The normalized spacial score (nSPS) is 12.2. The van der Waals surface area contributed by atoms with Gasteiger partial charge in [0.2, 0.25) is 10.0 Å². The van der Waals surface area contributed by atoms with Crippen LogP contribution in [0.25, 0.3) is 0 Å². The molecule has 0 N–H and O–H groups in total. The molecule has 23 heavy (non-hydrogen) atoms. The molecular weight excluding hydrogens is 337 g/mol. The van der Waals surface area contributed by atoms with Gasteiger partial charge in [-0.15, -0.1) is 13.2 Å². The van der Waals surface area contributed by atoms with Crippen LogP contribution in [-0.4, -0.2) is 45.9 Å². The number of alkyl halides is 3. The average molecular weight is 352 g/mol. The summed E-state index contributed by atoms with van der Waals surface area (Å²) in [7, 11) is -2.91. The van der Waals surface area contributed by atoms with E-state index in [0.717, 1.165) is 16.4 Å². The third-order valence-electron chi connectivity index (χ3n) is 2.71. The van der Waals surface area contributed by atoms with E-state index in [-0.39, 0.29) is 26.1 Å². The van der Waals surface area contributed by atoms with Crippen molar-refractivity contribution < 1.29 is 31.1 Å². The molecule has 10 heteroatoms. The van der Waals surface area contributed by atoms with Gasteiger partial charge in [-0.05, 0) is 12.1 Å². The molecule has 1 aromatic rings. The number of ether oxygens (including phenoxy) is 2. The maximum Gasteiger partial charge on any atom is 0.573 e. The quantitative estimate of drug-likeness (QED) is 0.716. The van der Waals surface area contributed by atoms with Gasteiger partial charge in [0.1, 0.15) is 10.6 Å². The predicted octanol–water partition coefficient (Wildman–Crippen LogP) is 2.14. The van der Waals surface area contributed by atoms with E-state index >= 15 is 0 Å². The molecule has 0 radical (unpaired) electrons. The van der Waals surface area contributed by atoms with Crippen LogP contribution >= 0.6 is 0 Å². The average Bonchev–Trinajstić information content (AvgIpc) is 2.46. The molecule has 6 nitrogen and oxygen atoms in total. The highest BCUT2D eigenvalue weighted by atomic mass is 32.2. The van der Waals surface area contributed by atoms with Gasteiger partial charge in [-0.3, -0.25) is 0 Å². The van der Waals surface area contributed by atoms with Crippen LogP contribution in [0, 0.1) is 11.3 Å². The summed E-state index contributed by atoms with van der Waals surface area (Å²) >= 11 is 0. The van der Waals surface area contributed by atoms with Gasteiger partial charge >= 0.3 is 6.36 Å². The fraction of sp³-hybridized carbons (Fsp3) is 0.462. The second kappa shape index (κ2) is 8.14. The molecule has 0 bridgehead atoms. The van der Waals surface area contributed by atoms with Crippen molar-refractivity contribution >= 4 is 10.0 Å². The monoisotopic (exact) mass is 352 g/mol. The number of sulfonamides is 1. The molecule has 0 amide bonds. The summed E-state index contributed by atoms with van der Waals surface area (Å²) in [5.74, 6) is -0.820. The number of benzene rings is 1. The lowest BCUT2D eigenvalue weighted by Gasteiger charge is -2.22. The van der Waals surface area contributed by atoms with Crippen molar-refractivity contribution in [2.75, 3.05) is 26.8 Å². The van der Waals surface area contributed by atoms with Crippen molar-refractivity contribution in [3.8, 4) is 11.8 Å². The van der Waals surface area contributed by atoms with Crippen LogP contribution in [0.2, 0.25) is 0 Å². The lowest BCUT2D eigenvalue weighted by molar-refractivity contribution is -0.275. The summed E-state index contributed by atoms with van der Waals surface area (Å²) in [5.41, 5.74) is 0. The summed E-state index contributed by atoms with van der Waals surface area (Å²) in [5, 5.41) is 8.61. The smallest absolute Gasteiger partial charge is 0.404 e. The summed E-state index contributed by atoms with van der Waals surface area (Å²) in [4.78, 5) is -0.619. The molecule has 0 atom stereocenters. The molecule has 0 aliphatic heterocycles. The molecule has 0 aromatic heterocycles. The Labute approximate surface area is 132 Å². The molecule has 1 rings (SSSR count). The van der Waals surface area contributed by atoms with Crippen LogP contribution in [0.4, 0.5) is 13.2 Å². The zero-order valence-corrected chi connectivity index (χ0v) is 13.0. The fourth-order valence-corrected chi connectivity index (χ4v) is 3.27. The standard InChI is InChI=1S/C13H15F3N2O4S/c1-21-10-9-18(8-4-7-17)23(19,20)12-6-3-2-5-11(12)22-13(14,15)16/h2-3,5-6H,4,8-10H2,1H3. The van der Waals surface area contributed by atoms with Crippen molar-refractivity contribution in [2.24, 2.45) is 0 Å². The summed E-state index contributed by atoms with van der Waals surface area (Å²) < 4.78 is 71.9. The first kappa shape index (κ1) is 19.2. The number of hydrogen-bond acceptors (Lipinski definition) is 5. The Kier molecular flexibility index (Phi) is 6.80. The molecule has 128 valence electrons. The van der Waals surface area contributed by atoms with Crippen molar-refractivity contribution in [3.05, 3.63) is 24.3 Å². The van der Waals surface area contributed by atoms with Crippen molar-refractivity contribution in [2.45, 2.75) is 17.7 Å². The van der Waals surface area contributed by atoms with Gasteiger partial charge < -0.3 is 9.47 Å². The molecule has 0 saturated heterocycles. The lowest BCUT2D eigenvalue weighted by Crippen LogP contribution is -2.35. The molecule has 0 heterocycles. The van der Waals surface area contributed by atoms with E-state index in [1.165, 1.54) is 19.2 Å². The highest BCUT2D eigenvalue weighted by molar-refractivity contribution is 7.89. The number of nitrogens with zero attached hydrogens (tertiary/aromatic N) is 2. The molecule has 0 saturated carbocycles. The van der Waals surface area contributed by atoms with Crippen LogP contribution < -0.4 is 4.74 Å². The topological polar surface area (TPSA) is 79.6 Å². The predicted molar refractivity (Wildman–Crippen MR) is 74.0 cm³/mol. The first-order chi connectivity index (χ1) is 10.7. The van der Waals surface area contributed by atoms with E-state index in [1.807, 2.05) is 0 Å². The molecule has 0 fully saturated rings. The minimum Gasteiger partial charge on any atom is -0.404 e. The van der Waals surface area contributed by atoms with Crippen molar-refractivity contribution in [3.63, 3.8) is 0 Å². The van der Waals surface area contributed by atoms with E-state index in [1.54, 1.807) is 6.07 Å². The Morgan fingerprint density at radius 2 is 1.91 bits per heavy atom. The number of methoxy groups -OCH3 is 1. The first-order valence-corrected chi connectivity index (χ1v) is 7.87. The van der Waals surface area contributed by atoms with Gasteiger partial charge in [-0.2, -0.15) is 9.57 Å². The third-order valence-corrected chi connectivity index (χ3v) is 4.65. The Bertz CT molecular complexity index is 656. The zero-order chi connectivity index (χ0) is 17.5. The Morgan fingerprint density at radius 3 is 2.48 bits per heavy atom. The SMILES string of the molecule is COCCN(CCC#N)S(=O)(=O)c1ccccc1OC(F)(F)F. The lowest BCUT2D eigenvalue weighted by atomic mass is 10.3. The molecular formula is C13H15F3N2O4S. The van der Waals surface area contributed by atoms with Crippen molar-refractivity contribution in [1.82, 2.24) is 4.31 Å². The maximum absolute atomic E-state index is 12.6. The number of nitriles is 1. The molecule has 0 aliphatic rings. The number of hydrogen-bond donors (Lipinski definition) is 0. The summed E-state index contributed by atoms with van der Waals surface area (Å²) in [6.45, 7) is -0.226. The van der Waals surface area contributed by atoms with Crippen molar-refractivity contribution in [1.29, 1.82) is 5.26 Å². The molecule has 0 aliphatic carbocycles. The second-order valence-electron chi connectivity index (χ2n) is 4.30. The highest BCUT2D eigenvalue weighted by Gasteiger charge is 2.35. The minimum atomic E-state index is -5.02. The van der Waals surface area contributed by atoms with Gasteiger partial charge in [0.25, 0.3) is 0 Å². The second-order valence-corrected chi connectivity index (χ2v) is 6.21. The van der Waals surface area contributed by atoms with E-state index in [2.05, 4.69) is 4.74 Å². The highest BCUT2D eigenvalue weighted by Crippen LogP contribution is 2.31.